The molecular weight excluding hydrogens is 356 g/mol. The van der Waals surface area contributed by atoms with Gasteiger partial charge in [-0.25, -0.2) is 0 Å². The summed E-state index contributed by atoms with van der Waals surface area (Å²) < 4.78 is 23.3. The van der Waals surface area contributed by atoms with Crippen molar-refractivity contribution in [3.63, 3.8) is 0 Å². The summed E-state index contributed by atoms with van der Waals surface area (Å²) in [5, 5.41) is 0. The lowest BCUT2D eigenvalue weighted by atomic mass is 9.94. The summed E-state index contributed by atoms with van der Waals surface area (Å²) in [6.07, 6.45) is -0.788. The van der Waals surface area contributed by atoms with E-state index in [-0.39, 0.29) is 30.5 Å². The van der Waals surface area contributed by atoms with Crippen molar-refractivity contribution < 1.29 is 23.7 Å². The number of carbonyl (C=O) groups excluding carboxylic acids is 1. The number of esters is 1. The van der Waals surface area contributed by atoms with Crippen LogP contribution in [0.15, 0.2) is 60.7 Å². The molecule has 28 heavy (non-hydrogen) atoms. The Balaban J connectivity index is 1.66. The maximum absolute atomic E-state index is 12.0. The molecule has 0 saturated carbocycles. The zero-order valence-corrected chi connectivity index (χ0v) is 16.5. The van der Waals surface area contributed by atoms with E-state index in [1.54, 1.807) is 6.92 Å². The van der Waals surface area contributed by atoms with Gasteiger partial charge in [0.15, 0.2) is 6.29 Å². The lowest BCUT2D eigenvalue weighted by molar-refractivity contribution is -0.280. The van der Waals surface area contributed by atoms with Crippen molar-refractivity contribution >= 4 is 5.97 Å². The first-order chi connectivity index (χ1) is 13.7. The van der Waals surface area contributed by atoms with Crippen molar-refractivity contribution in [1.82, 2.24) is 0 Å². The van der Waals surface area contributed by atoms with E-state index in [0.29, 0.717) is 19.8 Å². The molecule has 5 heteroatoms. The Morgan fingerprint density at radius 2 is 1.61 bits per heavy atom. The van der Waals surface area contributed by atoms with Crippen LogP contribution in [0.4, 0.5) is 0 Å². The predicted molar refractivity (Wildman–Crippen MR) is 105 cm³/mol. The molecule has 150 valence electrons. The highest BCUT2D eigenvalue weighted by Crippen LogP contribution is 2.35. The molecule has 0 bridgehead atoms. The van der Waals surface area contributed by atoms with Crippen molar-refractivity contribution in [2.24, 2.45) is 5.92 Å². The first kappa shape index (κ1) is 20.5. The minimum atomic E-state index is -0.526. The summed E-state index contributed by atoms with van der Waals surface area (Å²) in [6, 6.07) is 19.8. The van der Waals surface area contributed by atoms with Gasteiger partial charge in [-0.1, -0.05) is 67.6 Å². The fourth-order valence-corrected chi connectivity index (χ4v) is 3.28. The molecule has 0 radical (unpaired) electrons. The summed E-state index contributed by atoms with van der Waals surface area (Å²) in [4.78, 5) is 12.0. The van der Waals surface area contributed by atoms with Crippen LogP contribution < -0.4 is 0 Å². The van der Waals surface area contributed by atoms with Crippen molar-refractivity contribution in [2.75, 3.05) is 13.2 Å². The van der Waals surface area contributed by atoms with Crippen LogP contribution in [0, 0.1) is 5.92 Å². The van der Waals surface area contributed by atoms with E-state index in [9.17, 15) is 4.79 Å². The fourth-order valence-electron chi connectivity index (χ4n) is 3.28. The molecule has 0 spiro atoms. The van der Waals surface area contributed by atoms with Crippen LogP contribution in [0.5, 0.6) is 0 Å². The van der Waals surface area contributed by atoms with Gasteiger partial charge in [-0.2, -0.15) is 0 Å². The molecule has 4 atom stereocenters. The Kier molecular flexibility index (Phi) is 7.60. The zero-order chi connectivity index (χ0) is 19.8. The second-order valence-electron chi connectivity index (χ2n) is 6.96. The molecule has 1 unspecified atom stereocenters. The minimum Gasteiger partial charge on any atom is -0.466 e. The third-order valence-corrected chi connectivity index (χ3v) is 4.91. The number of benzene rings is 2. The molecule has 1 aliphatic rings. The molecule has 1 saturated heterocycles. The number of rotatable bonds is 8. The maximum atomic E-state index is 12.0. The first-order valence-electron chi connectivity index (χ1n) is 9.80. The van der Waals surface area contributed by atoms with Crippen molar-refractivity contribution in [1.29, 1.82) is 0 Å². The lowest BCUT2D eigenvalue weighted by Crippen LogP contribution is -2.44. The Labute approximate surface area is 166 Å². The van der Waals surface area contributed by atoms with Crippen LogP contribution >= 0.6 is 0 Å². The molecular formula is C23H28O5. The Bertz CT molecular complexity index is 718. The minimum absolute atomic E-state index is 0.000131. The number of ether oxygens (including phenoxy) is 4. The van der Waals surface area contributed by atoms with E-state index >= 15 is 0 Å². The van der Waals surface area contributed by atoms with Gasteiger partial charge in [0.05, 0.1) is 38.4 Å². The standard InChI is InChI=1S/C23H28O5/c1-3-26-22(24)14-20-17(2)21(16-25-15-18-10-6-4-7-11-18)28-23(27-20)19-12-8-5-9-13-19/h4-13,17,20-21,23H,3,14-16H2,1-2H3/t17-,20-,21+,23?/m0/s1. The van der Waals surface area contributed by atoms with E-state index in [1.165, 1.54) is 0 Å². The van der Waals surface area contributed by atoms with Gasteiger partial charge >= 0.3 is 5.97 Å². The highest BCUT2D eigenvalue weighted by Gasteiger charge is 2.38. The number of hydrogen-bond acceptors (Lipinski definition) is 5. The molecule has 1 aliphatic heterocycles. The number of carbonyl (C=O) groups is 1. The van der Waals surface area contributed by atoms with Crippen molar-refractivity contribution in [2.45, 2.75) is 45.4 Å². The van der Waals surface area contributed by atoms with E-state index in [2.05, 4.69) is 0 Å². The smallest absolute Gasteiger partial charge is 0.308 e. The summed E-state index contributed by atoms with van der Waals surface area (Å²) >= 11 is 0. The lowest BCUT2D eigenvalue weighted by Gasteiger charge is -2.40. The van der Waals surface area contributed by atoms with Gasteiger partial charge in [-0.15, -0.1) is 0 Å². The van der Waals surface area contributed by atoms with E-state index in [1.807, 2.05) is 67.6 Å². The van der Waals surface area contributed by atoms with Gasteiger partial charge in [0.2, 0.25) is 0 Å². The third-order valence-electron chi connectivity index (χ3n) is 4.91. The Morgan fingerprint density at radius 1 is 0.964 bits per heavy atom. The molecule has 3 rings (SSSR count). The maximum Gasteiger partial charge on any atom is 0.308 e. The van der Waals surface area contributed by atoms with Crippen LogP contribution in [0.3, 0.4) is 0 Å². The molecule has 0 N–H and O–H groups in total. The normalized spacial score (nSPS) is 24.6. The predicted octanol–water partition coefficient (Wildman–Crippen LogP) is 4.28. The van der Waals surface area contributed by atoms with Gasteiger partial charge in [0, 0.05) is 11.5 Å². The van der Waals surface area contributed by atoms with Crippen molar-refractivity contribution in [3.8, 4) is 0 Å². The second-order valence-corrected chi connectivity index (χ2v) is 6.96. The fraction of sp³-hybridized carbons (Fsp3) is 0.435. The molecule has 0 aromatic heterocycles. The van der Waals surface area contributed by atoms with Crippen LogP contribution in [0.25, 0.3) is 0 Å². The summed E-state index contributed by atoms with van der Waals surface area (Å²) in [5.74, 6) is -0.253. The summed E-state index contributed by atoms with van der Waals surface area (Å²) in [7, 11) is 0. The molecule has 2 aromatic carbocycles. The monoisotopic (exact) mass is 384 g/mol. The Hall–Kier alpha value is -2.21. The summed E-state index contributed by atoms with van der Waals surface area (Å²) in [5.41, 5.74) is 2.04. The average Bonchev–Trinajstić information content (AvgIpc) is 2.72. The molecule has 2 aromatic rings. The highest BCUT2D eigenvalue weighted by molar-refractivity contribution is 5.70. The van der Waals surface area contributed by atoms with Crippen LogP contribution in [-0.2, 0) is 30.3 Å². The summed E-state index contributed by atoms with van der Waals surface area (Å²) in [6.45, 7) is 5.15. The van der Waals surface area contributed by atoms with E-state index in [4.69, 9.17) is 18.9 Å². The molecule has 0 aliphatic carbocycles. The zero-order valence-electron chi connectivity index (χ0n) is 16.5. The van der Waals surface area contributed by atoms with Gasteiger partial charge in [0.1, 0.15) is 0 Å². The van der Waals surface area contributed by atoms with E-state index < -0.39 is 6.29 Å². The third kappa shape index (κ3) is 5.64. The van der Waals surface area contributed by atoms with Crippen molar-refractivity contribution in [3.05, 3.63) is 71.8 Å². The molecule has 0 amide bonds. The SMILES string of the molecule is CCOC(=O)C[C@@H]1OC(c2ccccc2)O[C@H](COCc2ccccc2)[C@H]1C. The number of hydrogen-bond donors (Lipinski definition) is 0. The quantitative estimate of drug-likeness (QED) is 0.636. The van der Waals surface area contributed by atoms with Gasteiger partial charge < -0.3 is 18.9 Å². The van der Waals surface area contributed by atoms with Gasteiger partial charge in [-0.05, 0) is 12.5 Å². The largest absolute Gasteiger partial charge is 0.466 e. The highest BCUT2D eigenvalue weighted by atomic mass is 16.7. The first-order valence-corrected chi connectivity index (χ1v) is 9.80. The van der Waals surface area contributed by atoms with Gasteiger partial charge in [-0.3, -0.25) is 4.79 Å². The molecule has 5 nitrogen and oxygen atoms in total. The van der Waals surface area contributed by atoms with E-state index in [0.717, 1.165) is 11.1 Å². The van der Waals surface area contributed by atoms with Crippen LogP contribution in [0.2, 0.25) is 0 Å². The molecule has 1 fully saturated rings. The van der Waals surface area contributed by atoms with Crippen LogP contribution in [0.1, 0.15) is 37.7 Å². The molecule has 1 heterocycles. The Morgan fingerprint density at radius 3 is 2.29 bits per heavy atom. The second kappa shape index (κ2) is 10.4. The van der Waals surface area contributed by atoms with Gasteiger partial charge in [0.25, 0.3) is 0 Å². The topological polar surface area (TPSA) is 54.0 Å². The average molecular weight is 384 g/mol. The van der Waals surface area contributed by atoms with Crippen LogP contribution in [-0.4, -0.2) is 31.4 Å².